The molecule has 0 fully saturated rings. The molecule has 2 aromatic rings. The van der Waals surface area contributed by atoms with Crippen LogP contribution in [0.3, 0.4) is 0 Å². The van der Waals surface area contributed by atoms with Crippen LogP contribution in [0.25, 0.3) is 17.3 Å². The first kappa shape index (κ1) is 32.3. The first-order valence-electron chi connectivity index (χ1n) is 12.7. The third kappa shape index (κ3) is 8.52. The van der Waals surface area contributed by atoms with Crippen molar-refractivity contribution in [3.8, 4) is 17.3 Å². The van der Waals surface area contributed by atoms with Crippen LogP contribution < -0.4 is 4.31 Å². The highest BCUT2D eigenvalue weighted by Crippen LogP contribution is 2.38. The van der Waals surface area contributed by atoms with Gasteiger partial charge in [-0.1, -0.05) is 34.6 Å². The van der Waals surface area contributed by atoms with Gasteiger partial charge in [-0.3, -0.25) is 4.79 Å². The van der Waals surface area contributed by atoms with Crippen molar-refractivity contribution in [3.05, 3.63) is 47.4 Å². The molecule has 0 unspecified atom stereocenters. The van der Waals surface area contributed by atoms with E-state index in [4.69, 9.17) is 4.43 Å². The van der Waals surface area contributed by atoms with E-state index in [-0.39, 0.29) is 35.5 Å². The van der Waals surface area contributed by atoms with E-state index < -0.39 is 30.3 Å². The van der Waals surface area contributed by atoms with Crippen molar-refractivity contribution in [2.75, 3.05) is 17.6 Å². The number of carbonyl (C=O) groups is 1. The highest BCUT2D eigenvalue weighted by atomic mass is 32.2. The molecule has 0 aliphatic carbocycles. The minimum atomic E-state index is -3.65. The average molecular weight is 575 g/mol. The molecule has 0 saturated heterocycles. The second-order valence-electron chi connectivity index (χ2n) is 11.4. The average Bonchev–Trinajstić information content (AvgIpc) is 2.80. The summed E-state index contributed by atoms with van der Waals surface area (Å²) in [7, 11) is -4.49. The fraction of sp³-hybridized carbons (Fsp3) is 0.500. The molecule has 1 aromatic heterocycles. The van der Waals surface area contributed by atoms with E-state index in [0.717, 1.165) is 10.6 Å². The Hall–Kier alpha value is -2.94. The number of halogens is 1. The molecular formula is C28H39FN4O4SSi. The van der Waals surface area contributed by atoms with Gasteiger partial charge in [0, 0.05) is 24.6 Å². The summed E-state index contributed by atoms with van der Waals surface area (Å²) in [5.41, 5.74) is 1.97. The minimum Gasteiger partial charge on any atom is -0.412 e. The maximum atomic E-state index is 13.7. The Kier molecular flexibility index (Phi) is 10.3. The van der Waals surface area contributed by atoms with Gasteiger partial charge in [0.2, 0.25) is 16.0 Å². The summed E-state index contributed by atoms with van der Waals surface area (Å²) in [6.45, 7) is 14.2. The molecule has 0 aliphatic heterocycles. The van der Waals surface area contributed by atoms with E-state index in [9.17, 15) is 22.9 Å². The standard InChI is InChI=1S/C28H39FN4O4SSi/c1-19(2)25-24(15-14-22(34)18-23(16-17-30)37-39(8,9)28(3,4)5)26(20-10-12-21(29)13-11-20)32-27(31-25)33(6)38(7,35)36/h10-15,19,23H,16,18H2,1-9H3/t23-/m0/s1. The molecular weight excluding hydrogens is 535 g/mol. The Morgan fingerprint density at radius 3 is 2.28 bits per heavy atom. The lowest BCUT2D eigenvalue weighted by atomic mass is 9.97. The van der Waals surface area contributed by atoms with Gasteiger partial charge in [0.15, 0.2) is 14.1 Å². The fourth-order valence-electron chi connectivity index (χ4n) is 3.52. The van der Waals surface area contributed by atoms with Crippen LogP contribution in [0.15, 0.2) is 30.3 Å². The van der Waals surface area contributed by atoms with Crippen molar-refractivity contribution in [1.29, 1.82) is 5.26 Å². The van der Waals surface area contributed by atoms with E-state index in [1.165, 1.54) is 25.3 Å². The summed E-state index contributed by atoms with van der Waals surface area (Å²) in [5, 5.41) is 9.26. The van der Waals surface area contributed by atoms with Gasteiger partial charge in [-0.05, 0) is 60.5 Å². The third-order valence-corrected chi connectivity index (χ3v) is 12.6. The van der Waals surface area contributed by atoms with Gasteiger partial charge in [0.1, 0.15) is 5.82 Å². The van der Waals surface area contributed by atoms with Crippen LogP contribution in [-0.4, -0.2) is 51.9 Å². The third-order valence-electron chi connectivity index (χ3n) is 6.86. The molecule has 2 rings (SSSR count). The van der Waals surface area contributed by atoms with Gasteiger partial charge >= 0.3 is 0 Å². The molecule has 39 heavy (non-hydrogen) atoms. The van der Waals surface area contributed by atoms with E-state index in [2.05, 4.69) is 49.9 Å². The molecule has 0 spiro atoms. The minimum absolute atomic E-state index is 0.0270. The fourth-order valence-corrected chi connectivity index (χ4v) is 5.25. The quantitative estimate of drug-likeness (QED) is 0.236. The molecule has 0 aliphatic rings. The second kappa shape index (κ2) is 12.5. The second-order valence-corrected chi connectivity index (χ2v) is 18.2. The van der Waals surface area contributed by atoms with Crippen LogP contribution in [0.1, 0.15) is 64.6 Å². The number of sulfonamides is 1. The largest absolute Gasteiger partial charge is 0.412 e. The lowest BCUT2D eigenvalue weighted by Crippen LogP contribution is -2.44. The van der Waals surface area contributed by atoms with Crippen molar-refractivity contribution >= 4 is 36.1 Å². The smallest absolute Gasteiger partial charge is 0.239 e. The summed E-state index contributed by atoms with van der Waals surface area (Å²) in [5.74, 6) is -0.836. The van der Waals surface area contributed by atoms with Crippen molar-refractivity contribution in [2.45, 2.75) is 77.6 Å². The van der Waals surface area contributed by atoms with Gasteiger partial charge in [0.25, 0.3) is 0 Å². The first-order valence-corrected chi connectivity index (χ1v) is 17.5. The monoisotopic (exact) mass is 574 g/mol. The molecule has 0 bridgehead atoms. The highest BCUT2D eigenvalue weighted by molar-refractivity contribution is 7.92. The zero-order valence-corrected chi connectivity index (χ0v) is 26.1. The molecule has 1 aromatic carbocycles. The van der Waals surface area contributed by atoms with Gasteiger partial charge in [-0.15, -0.1) is 0 Å². The number of nitriles is 1. The van der Waals surface area contributed by atoms with Crippen LogP contribution in [0.4, 0.5) is 10.3 Å². The number of hydrogen-bond acceptors (Lipinski definition) is 7. The highest BCUT2D eigenvalue weighted by Gasteiger charge is 2.39. The van der Waals surface area contributed by atoms with E-state index in [1.54, 1.807) is 18.2 Å². The van der Waals surface area contributed by atoms with Crippen molar-refractivity contribution in [3.63, 3.8) is 0 Å². The Morgan fingerprint density at radius 1 is 1.21 bits per heavy atom. The Bertz CT molecular complexity index is 1360. The topological polar surface area (TPSA) is 113 Å². The molecule has 1 atom stereocenters. The van der Waals surface area contributed by atoms with Gasteiger partial charge < -0.3 is 4.43 Å². The number of carbonyl (C=O) groups excluding carboxylic acids is 1. The lowest BCUT2D eigenvalue weighted by molar-refractivity contribution is -0.116. The maximum Gasteiger partial charge on any atom is 0.239 e. The Morgan fingerprint density at radius 2 is 1.79 bits per heavy atom. The van der Waals surface area contributed by atoms with Crippen molar-refractivity contribution < 1.29 is 22.0 Å². The van der Waals surface area contributed by atoms with Crippen LogP contribution in [-0.2, 0) is 19.2 Å². The number of aromatic nitrogens is 2. The van der Waals surface area contributed by atoms with E-state index >= 15 is 0 Å². The summed E-state index contributed by atoms with van der Waals surface area (Å²) >= 11 is 0. The molecule has 0 saturated carbocycles. The van der Waals surface area contributed by atoms with Crippen LogP contribution in [0, 0.1) is 17.1 Å². The van der Waals surface area contributed by atoms with E-state index in [0.29, 0.717) is 22.5 Å². The van der Waals surface area contributed by atoms with Crippen LogP contribution >= 0.6 is 0 Å². The van der Waals surface area contributed by atoms with Gasteiger partial charge in [-0.2, -0.15) is 5.26 Å². The normalized spacial score (nSPS) is 13.5. The SMILES string of the molecule is CC(C)c1nc(N(C)S(C)(=O)=O)nc(-c2ccc(F)cc2)c1C=CC(=O)C[C@H](CC#N)O[Si](C)(C)C(C)(C)C. The molecule has 0 radical (unpaired) electrons. The number of nitrogens with zero attached hydrogens (tertiary/aromatic N) is 4. The molecule has 8 nitrogen and oxygen atoms in total. The zero-order valence-electron chi connectivity index (χ0n) is 24.2. The number of benzene rings is 1. The van der Waals surface area contributed by atoms with Gasteiger partial charge in [0.05, 0.1) is 36.2 Å². The summed E-state index contributed by atoms with van der Waals surface area (Å²) in [4.78, 5) is 22.1. The number of hydrogen-bond donors (Lipinski definition) is 0. The Balaban J connectivity index is 2.57. The molecule has 212 valence electrons. The predicted molar refractivity (Wildman–Crippen MR) is 156 cm³/mol. The summed E-state index contributed by atoms with van der Waals surface area (Å²) < 4.78 is 45.5. The predicted octanol–water partition coefficient (Wildman–Crippen LogP) is 6.08. The molecule has 1 heterocycles. The number of ketones is 1. The molecule has 0 N–H and O–H groups in total. The number of allylic oxidation sites excluding steroid dienone is 1. The maximum absolute atomic E-state index is 13.7. The van der Waals surface area contributed by atoms with Crippen LogP contribution in [0.5, 0.6) is 0 Å². The van der Waals surface area contributed by atoms with E-state index in [1.807, 2.05) is 13.8 Å². The summed E-state index contributed by atoms with van der Waals surface area (Å²) in [6, 6.07) is 7.79. The molecule has 11 heteroatoms. The first-order chi connectivity index (χ1) is 17.9. The zero-order chi connectivity index (χ0) is 29.8. The van der Waals surface area contributed by atoms with Crippen LogP contribution in [0.2, 0.25) is 18.1 Å². The number of rotatable bonds is 11. The number of anilines is 1. The lowest BCUT2D eigenvalue weighted by Gasteiger charge is -2.38. The summed E-state index contributed by atoms with van der Waals surface area (Å²) in [6.07, 6.45) is 3.68. The molecule has 0 amide bonds. The van der Waals surface area contributed by atoms with Gasteiger partial charge in [-0.25, -0.2) is 27.1 Å². The van der Waals surface area contributed by atoms with Crippen molar-refractivity contribution in [1.82, 2.24) is 9.97 Å². The van der Waals surface area contributed by atoms with Crippen molar-refractivity contribution in [2.24, 2.45) is 0 Å². The Labute approximate surface area is 233 Å².